The maximum Gasteiger partial charge on any atom is 0.0590 e. The predicted molar refractivity (Wildman–Crippen MR) is 60.5 cm³/mol. The van der Waals surface area contributed by atoms with Gasteiger partial charge in [0.1, 0.15) is 0 Å². The molecule has 1 aromatic rings. The third-order valence-corrected chi connectivity index (χ3v) is 3.37. The van der Waals surface area contributed by atoms with Crippen molar-refractivity contribution in [3.05, 3.63) is 20.8 Å². The Kier molecular flexibility index (Phi) is 5.62. The lowest BCUT2D eigenvalue weighted by molar-refractivity contribution is 0.141. The molecular formula is C9H14BrNOS. The van der Waals surface area contributed by atoms with Gasteiger partial charge in [0.15, 0.2) is 0 Å². The van der Waals surface area contributed by atoms with Gasteiger partial charge in [-0.1, -0.05) is 0 Å². The molecule has 1 N–H and O–H groups in total. The van der Waals surface area contributed by atoms with Crippen molar-refractivity contribution in [2.75, 3.05) is 26.8 Å². The molecule has 0 aliphatic carbocycles. The maximum absolute atomic E-state index is 5.42. The van der Waals surface area contributed by atoms with Gasteiger partial charge in [-0.2, -0.15) is 0 Å². The van der Waals surface area contributed by atoms with Crippen molar-refractivity contribution >= 4 is 27.3 Å². The van der Waals surface area contributed by atoms with Crippen LogP contribution < -0.4 is 5.32 Å². The van der Waals surface area contributed by atoms with Crippen LogP contribution in [0.15, 0.2) is 15.9 Å². The smallest absolute Gasteiger partial charge is 0.0590 e. The first-order chi connectivity index (χ1) is 6.33. The second-order valence-corrected chi connectivity index (χ2v) is 4.61. The largest absolute Gasteiger partial charge is 0.380 e. The fourth-order valence-electron chi connectivity index (χ4n) is 0.934. The van der Waals surface area contributed by atoms with Crippen molar-refractivity contribution in [3.63, 3.8) is 0 Å². The zero-order valence-corrected chi connectivity index (χ0v) is 10.1. The number of ether oxygens (including phenoxy) is 1. The van der Waals surface area contributed by atoms with Crippen LogP contribution in [-0.2, 0) is 11.2 Å². The number of thiophene rings is 1. The Morgan fingerprint density at radius 1 is 1.54 bits per heavy atom. The maximum atomic E-state index is 5.42. The minimum atomic E-state index is 0.795. The Hall–Kier alpha value is 0.1000. The molecule has 0 saturated heterocycles. The van der Waals surface area contributed by atoms with Gasteiger partial charge in [0.05, 0.1) is 13.2 Å². The van der Waals surface area contributed by atoms with E-state index in [1.165, 1.54) is 9.35 Å². The first-order valence-electron chi connectivity index (χ1n) is 4.28. The van der Waals surface area contributed by atoms with E-state index in [-0.39, 0.29) is 0 Å². The standard InChI is InChI=1S/C9H14BrNOS/c1-11-3-5-12-4-2-9-6-8(10)7-13-9/h6-7,11H,2-5H2,1H3. The van der Waals surface area contributed by atoms with Gasteiger partial charge in [-0.25, -0.2) is 0 Å². The highest BCUT2D eigenvalue weighted by atomic mass is 79.9. The molecule has 0 fully saturated rings. The number of halogens is 1. The fourth-order valence-corrected chi connectivity index (χ4v) is 2.37. The topological polar surface area (TPSA) is 21.3 Å². The van der Waals surface area contributed by atoms with Crippen LogP contribution in [0.5, 0.6) is 0 Å². The molecular weight excluding hydrogens is 250 g/mol. The van der Waals surface area contributed by atoms with E-state index in [0.29, 0.717) is 0 Å². The number of hydrogen-bond donors (Lipinski definition) is 1. The lowest BCUT2D eigenvalue weighted by atomic mass is 10.4. The van der Waals surface area contributed by atoms with Crippen molar-refractivity contribution in [2.45, 2.75) is 6.42 Å². The summed E-state index contributed by atoms with van der Waals surface area (Å²) in [5.41, 5.74) is 0. The minimum Gasteiger partial charge on any atom is -0.380 e. The third kappa shape index (κ3) is 4.76. The van der Waals surface area contributed by atoms with Crippen LogP contribution in [-0.4, -0.2) is 26.8 Å². The Morgan fingerprint density at radius 3 is 3.00 bits per heavy atom. The summed E-state index contributed by atoms with van der Waals surface area (Å²) in [5.74, 6) is 0. The third-order valence-electron chi connectivity index (χ3n) is 1.61. The van der Waals surface area contributed by atoms with Crippen LogP contribution in [0.1, 0.15) is 4.88 Å². The van der Waals surface area contributed by atoms with Gasteiger partial charge in [0, 0.05) is 27.7 Å². The van der Waals surface area contributed by atoms with Gasteiger partial charge in [0.25, 0.3) is 0 Å². The average Bonchev–Trinajstić information content (AvgIpc) is 2.51. The van der Waals surface area contributed by atoms with E-state index >= 15 is 0 Å². The summed E-state index contributed by atoms with van der Waals surface area (Å²) in [6.07, 6.45) is 1.01. The van der Waals surface area contributed by atoms with E-state index in [2.05, 4.69) is 32.7 Å². The SMILES string of the molecule is CNCCOCCc1cc(Br)cs1. The Morgan fingerprint density at radius 2 is 2.38 bits per heavy atom. The highest BCUT2D eigenvalue weighted by molar-refractivity contribution is 9.10. The first kappa shape index (κ1) is 11.2. The van der Waals surface area contributed by atoms with E-state index in [9.17, 15) is 0 Å². The Bertz CT molecular complexity index is 239. The second-order valence-electron chi connectivity index (χ2n) is 2.70. The monoisotopic (exact) mass is 263 g/mol. The molecule has 0 aromatic carbocycles. The molecule has 0 aliphatic heterocycles. The summed E-state index contributed by atoms with van der Waals surface area (Å²) in [6, 6.07) is 2.14. The summed E-state index contributed by atoms with van der Waals surface area (Å²) < 4.78 is 6.59. The number of rotatable bonds is 6. The molecule has 0 radical (unpaired) electrons. The quantitative estimate of drug-likeness (QED) is 0.796. The van der Waals surface area contributed by atoms with Crippen LogP contribution in [0.4, 0.5) is 0 Å². The van der Waals surface area contributed by atoms with Gasteiger partial charge in [-0.05, 0) is 29.0 Å². The van der Waals surface area contributed by atoms with Crippen LogP contribution in [0.2, 0.25) is 0 Å². The van der Waals surface area contributed by atoms with Crippen molar-refractivity contribution in [1.29, 1.82) is 0 Å². The fraction of sp³-hybridized carbons (Fsp3) is 0.556. The molecule has 0 amide bonds. The summed E-state index contributed by atoms with van der Waals surface area (Å²) >= 11 is 5.20. The zero-order valence-electron chi connectivity index (χ0n) is 7.68. The average molecular weight is 264 g/mol. The van der Waals surface area contributed by atoms with Crippen molar-refractivity contribution in [1.82, 2.24) is 5.32 Å². The summed E-state index contributed by atoms with van der Waals surface area (Å²) in [5, 5.41) is 5.14. The van der Waals surface area contributed by atoms with Gasteiger partial charge in [-0.15, -0.1) is 11.3 Å². The van der Waals surface area contributed by atoms with Gasteiger partial charge in [0.2, 0.25) is 0 Å². The zero-order chi connectivity index (χ0) is 9.52. The molecule has 0 unspecified atom stereocenters. The van der Waals surface area contributed by atoms with E-state index < -0.39 is 0 Å². The normalized spacial score (nSPS) is 10.6. The molecule has 0 saturated carbocycles. The van der Waals surface area contributed by atoms with Crippen molar-refractivity contribution < 1.29 is 4.74 Å². The number of hydrogen-bond acceptors (Lipinski definition) is 3. The molecule has 13 heavy (non-hydrogen) atoms. The van der Waals surface area contributed by atoms with Crippen LogP contribution >= 0.6 is 27.3 Å². The molecule has 1 heterocycles. The molecule has 0 aliphatic rings. The molecule has 4 heteroatoms. The van der Waals surface area contributed by atoms with Crippen LogP contribution in [0, 0.1) is 0 Å². The second kappa shape index (κ2) is 6.54. The predicted octanol–water partition coefficient (Wildman–Crippen LogP) is 2.29. The van der Waals surface area contributed by atoms with Crippen LogP contribution in [0.25, 0.3) is 0 Å². The van der Waals surface area contributed by atoms with Gasteiger partial charge >= 0.3 is 0 Å². The molecule has 74 valence electrons. The van der Waals surface area contributed by atoms with E-state index in [1.807, 2.05) is 7.05 Å². The number of nitrogens with one attached hydrogen (secondary N) is 1. The van der Waals surface area contributed by atoms with E-state index in [0.717, 1.165) is 26.2 Å². The molecule has 2 nitrogen and oxygen atoms in total. The highest BCUT2D eigenvalue weighted by Gasteiger charge is 1.96. The van der Waals surface area contributed by atoms with Gasteiger partial charge < -0.3 is 10.1 Å². The molecule has 0 atom stereocenters. The Balaban J connectivity index is 2.06. The molecule has 1 rings (SSSR count). The summed E-state index contributed by atoms with van der Waals surface area (Å²) in [4.78, 5) is 1.37. The molecule has 0 spiro atoms. The summed E-state index contributed by atoms with van der Waals surface area (Å²) in [6.45, 7) is 2.53. The highest BCUT2D eigenvalue weighted by Crippen LogP contribution is 2.19. The lowest BCUT2D eigenvalue weighted by Crippen LogP contribution is -2.14. The van der Waals surface area contributed by atoms with Crippen molar-refractivity contribution in [2.24, 2.45) is 0 Å². The Labute approximate surface area is 91.4 Å². The van der Waals surface area contributed by atoms with Crippen molar-refractivity contribution in [3.8, 4) is 0 Å². The number of likely N-dealkylation sites (N-methyl/N-ethyl adjacent to an activating group) is 1. The molecule has 0 bridgehead atoms. The van der Waals surface area contributed by atoms with Gasteiger partial charge in [-0.3, -0.25) is 0 Å². The first-order valence-corrected chi connectivity index (χ1v) is 5.95. The molecule has 1 aromatic heterocycles. The lowest BCUT2D eigenvalue weighted by Gasteiger charge is -2.01. The van der Waals surface area contributed by atoms with E-state index in [1.54, 1.807) is 11.3 Å². The summed E-state index contributed by atoms with van der Waals surface area (Å²) in [7, 11) is 1.93. The van der Waals surface area contributed by atoms with Crippen LogP contribution in [0.3, 0.4) is 0 Å². The van der Waals surface area contributed by atoms with E-state index in [4.69, 9.17) is 4.74 Å². The minimum absolute atomic E-state index is 0.795.